The molecule has 0 saturated heterocycles. The second-order valence-electron chi connectivity index (χ2n) is 5.21. The summed E-state index contributed by atoms with van der Waals surface area (Å²) in [4.78, 5) is 2.26. The summed E-state index contributed by atoms with van der Waals surface area (Å²) in [7, 11) is 2.10. The number of likely N-dealkylation sites (N-methyl/N-ethyl adjacent to an activating group) is 1. The predicted octanol–water partition coefficient (Wildman–Crippen LogP) is 3.78. The Bertz CT molecular complexity index is 551. The number of benzene rings is 2. The number of halogens is 1. The van der Waals surface area contributed by atoms with Crippen LogP contribution in [0, 0.1) is 6.92 Å². The maximum atomic E-state index is 6.03. The van der Waals surface area contributed by atoms with Crippen molar-refractivity contribution in [2.24, 2.45) is 5.73 Å². The molecule has 2 nitrogen and oxygen atoms in total. The zero-order chi connectivity index (χ0) is 14.5. The maximum Gasteiger partial charge on any atom is 0.0470 e. The summed E-state index contributed by atoms with van der Waals surface area (Å²) in [6, 6.07) is 16.8. The summed E-state index contributed by atoms with van der Waals surface area (Å²) in [5, 5.41) is 0.774. The van der Waals surface area contributed by atoms with Crippen molar-refractivity contribution in [2.45, 2.75) is 19.5 Å². The lowest BCUT2D eigenvalue weighted by atomic mass is 10.0. The molecule has 2 aromatic rings. The van der Waals surface area contributed by atoms with E-state index in [2.05, 4.69) is 49.2 Å². The van der Waals surface area contributed by atoms with Crippen molar-refractivity contribution >= 4 is 11.6 Å². The van der Waals surface area contributed by atoms with Gasteiger partial charge in [-0.15, -0.1) is 0 Å². The fourth-order valence-corrected chi connectivity index (χ4v) is 2.61. The molecule has 3 heteroatoms. The van der Waals surface area contributed by atoms with E-state index in [0.29, 0.717) is 6.54 Å². The van der Waals surface area contributed by atoms with Crippen LogP contribution in [0.25, 0.3) is 0 Å². The lowest BCUT2D eigenvalue weighted by Gasteiger charge is -2.27. The average molecular weight is 289 g/mol. The van der Waals surface area contributed by atoms with Gasteiger partial charge in [0.05, 0.1) is 0 Å². The smallest absolute Gasteiger partial charge is 0.0470 e. The van der Waals surface area contributed by atoms with Gasteiger partial charge in [0.15, 0.2) is 0 Å². The molecule has 0 radical (unpaired) electrons. The number of nitrogens with zero attached hydrogens (tertiary/aromatic N) is 1. The molecule has 1 unspecified atom stereocenters. The quantitative estimate of drug-likeness (QED) is 0.907. The highest BCUT2D eigenvalue weighted by Gasteiger charge is 2.15. The summed E-state index contributed by atoms with van der Waals surface area (Å²) in [6.45, 7) is 3.52. The molecular weight excluding hydrogens is 268 g/mol. The standard InChI is InChI=1S/C17H21ClN2/c1-13-6-8-15(9-7-13)17(11-19)20(2)12-14-4-3-5-16(18)10-14/h3-10,17H,11-12,19H2,1-2H3. The average Bonchev–Trinajstić information content (AvgIpc) is 2.42. The summed E-state index contributed by atoms with van der Waals surface area (Å²) < 4.78 is 0. The van der Waals surface area contributed by atoms with Crippen molar-refractivity contribution in [1.29, 1.82) is 0 Å². The Morgan fingerprint density at radius 1 is 1.15 bits per heavy atom. The number of aryl methyl sites for hydroxylation is 1. The molecule has 106 valence electrons. The Labute approximate surface area is 126 Å². The van der Waals surface area contributed by atoms with Crippen LogP contribution < -0.4 is 5.73 Å². The number of rotatable bonds is 5. The van der Waals surface area contributed by atoms with E-state index in [1.807, 2.05) is 18.2 Å². The van der Waals surface area contributed by atoms with Crippen LogP contribution in [0.5, 0.6) is 0 Å². The highest BCUT2D eigenvalue weighted by atomic mass is 35.5. The zero-order valence-electron chi connectivity index (χ0n) is 12.0. The van der Waals surface area contributed by atoms with E-state index in [1.165, 1.54) is 16.7 Å². The van der Waals surface area contributed by atoms with E-state index < -0.39 is 0 Å². The predicted molar refractivity (Wildman–Crippen MR) is 85.9 cm³/mol. The fraction of sp³-hybridized carbons (Fsp3) is 0.294. The minimum atomic E-state index is 0.217. The van der Waals surface area contributed by atoms with Crippen molar-refractivity contribution in [3.63, 3.8) is 0 Å². The number of hydrogen-bond acceptors (Lipinski definition) is 2. The summed E-state index contributed by atoms with van der Waals surface area (Å²) in [5.41, 5.74) is 9.68. The van der Waals surface area contributed by atoms with Crippen LogP contribution in [-0.2, 0) is 6.54 Å². The Hall–Kier alpha value is -1.35. The molecular formula is C17H21ClN2. The molecule has 0 aliphatic carbocycles. The Morgan fingerprint density at radius 3 is 2.45 bits per heavy atom. The van der Waals surface area contributed by atoms with Gasteiger partial charge in [0.1, 0.15) is 0 Å². The van der Waals surface area contributed by atoms with E-state index in [9.17, 15) is 0 Å². The molecule has 0 aliphatic rings. The van der Waals surface area contributed by atoms with Crippen molar-refractivity contribution < 1.29 is 0 Å². The third kappa shape index (κ3) is 3.83. The van der Waals surface area contributed by atoms with E-state index in [1.54, 1.807) is 0 Å². The molecule has 0 heterocycles. The van der Waals surface area contributed by atoms with Crippen LogP contribution in [0.1, 0.15) is 22.7 Å². The molecule has 2 rings (SSSR count). The van der Waals surface area contributed by atoms with Gasteiger partial charge in [0, 0.05) is 24.2 Å². The summed E-state index contributed by atoms with van der Waals surface area (Å²) >= 11 is 6.03. The molecule has 0 spiro atoms. The molecule has 20 heavy (non-hydrogen) atoms. The van der Waals surface area contributed by atoms with Gasteiger partial charge in [-0.25, -0.2) is 0 Å². The Morgan fingerprint density at radius 2 is 1.85 bits per heavy atom. The van der Waals surface area contributed by atoms with Crippen LogP contribution in [0.4, 0.5) is 0 Å². The van der Waals surface area contributed by atoms with Gasteiger partial charge in [-0.1, -0.05) is 53.6 Å². The van der Waals surface area contributed by atoms with E-state index in [0.717, 1.165) is 11.6 Å². The summed E-state index contributed by atoms with van der Waals surface area (Å²) in [6.07, 6.45) is 0. The second kappa shape index (κ2) is 6.89. The molecule has 0 aromatic heterocycles. The van der Waals surface area contributed by atoms with Gasteiger partial charge >= 0.3 is 0 Å². The topological polar surface area (TPSA) is 29.3 Å². The van der Waals surface area contributed by atoms with Crippen molar-refractivity contribution in [1.82, 2.24) is 4.90 Å². The Balaban J connectivity index is 2.13. The van der Waals surface area contributed by atoms with Crippen molar-refractivity contribution in [2.75, 3.05) is 13.6 Å². The second-order valence-corrected chi connectivity index (χ2v) is 5.64. The molecule has 0 bridgehead atoms. The number of nitrogens with two attached hydrogens (primary N) is 1. The zero-order valence-corrected chi connectivity index (χ0v) is 12.8. The van der Waals surface area contributed by atoms with E-state index in [4.69, 9.17) is 17.3 Å². The van der Waals surface area contributed by atoms with Gasteiger partial charge in [-0.2, -0.15) is 0 Å². The maximum absolute atomic E-state index is 6.03. The van der Waals surface area contributed by atoms with Crippen LogP contribution in [-0.4, -0.2) is 18.5 Å². The number of hydrogen-bond donors (Lipinski definition) is 1. The van der Waals surface area contributed by atoms with Gasteiger partial charge in [0.2, 0.25) is 0 Å². The van der Waals surface area contributed by atoms with Crippen LogP contribution in [0.15, 0.2) is 48.5 Å². The van der Waals surface area contributed by atoms with Gasteiger partial charge in [-0.3, -0.25) is 4.90 Å². The van der Waals surface area contributed by atoms with Crippen LogP contribution in [0.2, 0.25) is 5.02 Å². The third-order valence-electron chi connectivity index (χ3n) is 3.54. The lowest BCUT2D eigenvalue weighted by molar-refractivity contribution is 0.242. The summed E-state index contributed by atoms with van der Waals surface area (Å²) in [5.74, 6) is 0. The normalized spacial score (nSPS) is 12.7. The molecule has 2 N–H and O–H groups in total. The molecule has 0 amide bonds. The minimum Gasteiger partial charge on any atom is -0.329 e. The highest BCUT2D eigenvalue weighted by molar-refractivity contribution is 6.30. The van der Waals surface area contributed by atoms with Gasteiger partial charge < -0.3 is 5.73 Å². The first-order valence-corrected chi connectivity index (χ1v) is 7.19. The SMILES string of the molecule is Cc1ccc(C(CN)N(C)Cc2cccc(Cl)c2)cc1. The minimum absolute atomic E-state index is 0.217. The van der Waals surface area contributed by atoms with E-state index >= 15 is 0 Å². The van der Waals surface area contributed by atoms with Crippen LogP contribution in [0.3, 0.4) is 0 Å². The van der Waals surface area contributed by atoms with Crippen LogP contribution >= 0.6 is 11.6 Å². The largest absolute Gasteiger partial charge is 0.329 e. The van der Waals surface area contributed by atoms with E-state index in [-0.39, 0.29) is 6.04 Å². The lowest BCUT2D eigenvalue weighted by Crippen LogP contribution is -2.30. The van der Waals surface area contributed by atoms with Gasteiger partial charge in [0.25, 0.3) is 0 Å². The first-order valence-electron chi connectivity index (χ1n) is 6.81. The first kappa shape index (κ1) is 15.0. The highest BCUT2D eigenvalue weighted by Crippen LogP contribution is 2.21. The van der Waals surface area contributed by atoms with Gasteiger partial charge in [-0.05, 0) is 37.2 Å². The van der Waals surface area contributed by atoms with Crippen molar-refractivity contribution in [3.8, 4) is 0 Å². The monoisotopic (exact) mass is 288 g/mol. The molecule has 1 atom stereocenters. The van der Waals surface area contributed by atoms with Crippen molar-refractivity contribution in [3.05, 3.63) is 70.2 Å². The third-order valence-corrected chi connectivity index (χ3v) is 3.77. The first-order chi connectivity index (χ1) is 9.60. The fourth-order valence-electron chi connectivity index (χ4n) is 2.39. The molecule has 0 fully saturated rings. The molecule has 2 aromatic carbocycles. The molecule has 0 saturated carbocycles. The Kier molecular flexibility index (Phi) is 5.18. The molecule has 0 aliphatic heterocycles.